The summed E-state index contributed by atoms with van der Waals surface area (Å²) in [7, 11) is -1.49. The summed E-state index contributed by atoms with van der Waals surface area (Å²) in [6.07, 6.45) is 3.69. The van der Waals surface area contributed by atoms with Crippen LogP contribution in [-0.2, 0) is 16.9 Å². The number of nitrogens with one attached hydrogen (secondary N) is 1. The molecule has 0 saturated heterocycles. The second kappa shape index (κ2) is 5.81. The van der Waals surface area contributed by atoms with Crippen molar-refractivity contribution in [2.24, 2.45) is 7.05 Å². The molecule has 1 N–H and O–H groups in total. The van der Waals surface area contributed by atoms with Crippen molar-refractivity contribution >= 4 is 21.4 Å². The standard InChI is InChI=1S/C12H22ClN3O2S/c1-6-7-14-11(12(2,3)19(5,17)18)10-9(13)8-15-16(10)4/h8,11,14H,6-7H2,1-5H3. The van der Waals surface area contributed by atoms with E-state index in [2.05, 4.69) is 10.4 Å². The van der Waals surface area contributed by atoms with Gasteiger partial charge in [0.25, 0.3) is 0 Å². The molecule has 1 atom stereocenters. The van der Waals surface area contributed by atoms with Crippen LogP contribution >= 0.6 is 11.6 Å². The fourth-order valence-corrected chi connectivity index (χ4v) is 2.82. The molecule has 0 saturated carbocycles. The summed E-state index contributed by atoms with van der Waals surface area (Å²) in [5.74, 6) is 0. The van der Waals surface area contributed by atoms with Gasteiger partial charge in [-0.15, -0.1) is 0 Å². The second-order valence-corrected chi connectivity index (χ2v) is 8.27. The first-order valence-electron chi connectivity index (χ1n) is 6.23. The maximum absolute atomic E-state index is 12.1. The van der Waals surface area contributed by atoms with E-state index in [0.717, 1.165) is 6.42 Å². The second-order valence-electron chi connectivity index (χ2n) is 5.26. The van der Waals surface area contributed by atoms with Crippen molar-refractivity contribution in [2.45, 2.75) is 38.0 Å². The van der Waals surface area contributed by atoms with E-state index in [0.29, 0.717) is 17.3 Å². The Hall–Kier alpha value is -0.590. The van der Waals surface area contributed by atoms with Crippen molar-refractivity contribution in [3.63, 3.8) is 0 Å². The first-order valence-corrected chi connectivity index (χ1v) is 8.50. The van der Waals surface area contributed by atoms with Gasteiger partial charge < -0.3 is 5.32 Å². The summed E-state index contributed by atoms with van der Waals surface area (Å²) < 4.78 is 24.8. The molecule has 1 rings (SSSR count). The van der Waals surface area contributed by atoms with Crippen molar-refractivity contribution < 1.29 is 8.42 Å². The summed E-state index contributed by atoms with van der Waals surface area (Å²) in [5.41, 5.74) is 0.700. The van der Waals surface area contributed by atoms with Crippen LogP contribution in [0.25, 0.3) is 0 Å². The number of sulfone groups is 1. The Labute approximate surface area is 120 Å². The largest absolute Gasteiger partial charge is 0.307 e. The molecule has 110 valence electrons. The molecule has 0 aliphatic rings. The third-order valence-corrected chi connectivity index (χ3v) is 5.90. The first kappa shape index (κ1) is 16.5. The molecule has 7 heteroatoms. The molecular formula is C12H22ClN3O2S. The average Bonchev–Trinajstić information content (AvgIpc) is 2.59. The quantitative estimate of drug-likeness (QED) is 0.872. The van der Waals surface area contributed by atoms with Crippen molar-refractivity contribution in [2.75, 3.05) is 12.8 Å². The van der Waals surface area contributed by atoms with Gasteiger partial charge in [0.05, 0.1) is 27.7 Å². The lowest BCUT2D eigenvalue weighted by atomic mass is 9.99. The number of hydrogen-bond acceptors (Lipinski definition) is 4. The van der Waals surface area contributed by atoms with Gasteiger partial charge in [0, 0.05) is 13.3 Å². The summed E-state index contributed by atoms with van der Waals surface area (Å²) in [4.78, 5) is 0. The van der Waals surface area contributed by atoms with Gasteiger partial charge in [-0.2, -0.15) is 5.10 Å². The van der Waals surface area contributed by atoms with Crippen molar-refractivity contribution in [3.05, 3.63) is 16.9 Å². The molecule has 5 nitrogen and oxygen atoms in total. The summed E-state index contributed by atoms with van der Waals surface area (Å²) in [6, 6.07) is -0.401. The highest BCUT2D eigenvalue weighted by atomic mass is 35.5. The average molecular weight is 308 g/mol. The van der Waals surface area contributed by atoms with Crippen LogP contribution in [0, 0.1) is 0 Å². The van der Waals surface area contributed by atoms with Crippen LogP contribution in [0.2, 0.25) is 5.02 Å². The van der Waals surface area contributed by atoms with Crippen LogP contribution in [0.15, 0.2) is 6.20 Å². The molecule has 0 fully saturated rings. The Morgan fingerprint density at radius 2 is 2.11 bits per heavy atom. The number of aryl methyl sites for hydroxylation is 1. The molecule has 19 heavy (non-hydrogen) atoms. The predicted molar refractivity (Wildman–Crippen MR) is 78.2 cm³/mol. The van der Waals surface area contributed by atoms with Crippen LogP contribution in [-0.4, -0.2) is 35.7 Å². The third kappa shape index (κ3) is 3.30. The summed E-state index contributed by atoms with van der Waals surface area (Å²) >= 11 is 6.16. The van der Waals surface area contributed by atoms with Crippen LogP contribution < -0.4 is 5.32 Å². The first-order chi connectivity index (χ1) is 8.63. The van der Waals surface area contributed by atoms with E-state index in [4.69, 9.17) is 11.6 Å². The smallest absolute Gasteiger partial charge is 0.154 e. The predicted octanol–water partition coefficient (Wildman–Crippen LogP) is 1.94. The number of aromatic nitrogens is 2. The van der Waals surface area contributed by atoms with Crippen molar-refractivity contribution in [1.82, 2.24) is 15.1 Å². The number of rotatable bonds is 6. The fourth-order valence-electron chi connectivity index (χ4n) is 1.92. The minimum Gasteiger partial charge on any atom is -0.307 e. The van der Waals surface area contributed by atoms with E-state index >= 15 is 0 Å². The highest BCUT2D eigenvalue weighted by molar-refractivity contribution is 7.92. The molecule has 1 unspecified atom stereocenters. The van der Waals surface area contributed by atoms with Crippen LogP contribution in [0.5, 0.6) is 0 Å². The van der Waals surface area contributed by atoms with E-state index in [9.17, 15) is 8.42 Å². The molecule has 0 aliphatic heterocycles. The van der Waals surface area contributed by atoms with E-state index in [-0.39, 0.29) is 0 Å². The van der Waals surface area contributed by atoms with E-state index in [1.54, 1.807) is 25.6 Å². The minimum atomic E-state index is -3.25. The molecule has 1 heterocycles. The minimum absolute atomic E-state index is 0.401. The zero-order chi connectivity index (χ0) is 14.8. The van der Waals surface area contributed by atoms with Gasteiger partial charge in [-0.3, -0.25) is 4.68 Å². The third-order valence-electron chi connectivity index (χ3n) is 3.46. The summed E-state index contributed by atoms with van der Waals surface area (Å²) in [6.45, 7) is 6.16. The highest BCUT2D eigenvalue weighted by Gasteiger charge is 2.42. The Bertz CT molecular complexity index is 518. The van der Waals surface area contributed by atoms with E-state index in [1.165, 1.54) is 12.5 Å². The van der Waals surface area contributed by atoms with Gasteiger partial charge in [0.15, 0.2) is 9.84 Å². The number of halogens is 1. The fraction of sp³-hybridized carbons (Fsp3) is 0.750. The molecule has 0 aliphatic carbocycles. The lowest BCUT2D eigenvalue weighted by Crippen LogP contribution is -2.46. The molecule has 0 spiro atoms. The van der Waals surface area contributed by atoms with Gasteiger partial charge in [0.2, 0.25) is 0 Å². The maximum Gasteiger partial charge on any atom is 0.154 e. The maximum atomic E-state index is 12.1. The van der Waals surface area contributed by atoms with E-state index < -0.39 is 20.6 Å². The highest BCUT2D eigenvalue weighted by Crippen LogP contribution is 2.35. The van der Waals surface area contributed by atoms with Gasteiger partial charge >= 0.3 is 0 Å². The number of hydrogen-bond donors (Lipinski definition) is 1. The normalized spacial score (nSPS) is 14.6. The molecule has 1 aromatic rings. The SMILES string of the molecule is CCCNC(c1c(Cl)cnn1C)C(C)(C)S(C)(=O)=O. The van der Waals surface area contributed by atoms with Gasteiger partial charge in [0.1, 0.15) is 0 Å². The van der Waals surface area contributed by atoms with Crippen molar-refractivity contribution in [1.29, 1.82) is 0 Å². The molecule has 0 aromatic carbocycles. The molecule has 0 radical (unpaired) electrons. The van der Waals surface area contributed by atoms with Gasteiger partial charge in [-0.05, 0) is 26.8 Å². The molecular weight excluding hydrogens is 286 g/mol. The Kier molecular flexibility index (Phi) is 5.03. The zero-order valence-electron chi connectivity index (χ0n) is 12.1. The molecule has 0 amide bonds. The zero-order valence-corrected chi connectivity index (χ0v) is 13.6. The monoisotopic (exact) mass is 307 g/mol. The van der Waals surface area contributed by atoms with E-state index in [1.807, 2.05) is 6.92 Å². The van der Waals surface area contributed by atoms with Crippen LogP contribution in [0.1, 0.15) is 38.9 Å². The Morgan fingerprint density at radius 3 is 2.47 bits per heavy atom. The van der Waals surface area contributed by atoms with Gasteiger partial charge in [-0.25, -0.2) is 8.42 Å². The van der Waals surface area contributed by atoms with Crippen LogP contribution in [0.3, 0.4) is 0 Å². The molecule has 1 aromatic heterocycles. The lowest BCUT2D eigenvalue weighted by molar-refractivity contribution is 0.400. The topological polar surface area (TPSA) is 64.0 Å². The number of nitrogens with zero attached hydrogens (tertiary/aromatic N) is 2. The molecule has 0 bridgehead atoms. The van der Waals surface area contributed by atoms with Gasteiger partial charge in [-0.1, -0.05) is 18.5 Å². The Morgan fingerprint density at radius 1 is 1.53 bits per heavy atom. The van der Waals surface area contributed by atoms with Crippen molar-refractivity contribution in [3.8, 4) is 0 Å². The Balaban J connectivity index is 3.31. The van der Waals surface area contributed by atoms with Crippen LogP contribution in [0.4, 0.5) is 0 Å². The lowest BCUT2D eigenvalue weighted by Gasteiger charge is -2.33. The summed E-state index contributed by atoms with van der Waals surface area (Å²) in [5, 5.41) is 7.85.